The third-order valence-corrected chi connectivity index (χ3v) is 3.93. The van der Waals surface area contributed by atoms with Gasteiger partial charge in [0.15, 0.2) is 0 Å². The topological polar surface area (TPSA) is 62.6 Å². The van der Waals surface area contributed by atoms with Gasteiger partial charge in [0.1, 0.15) is 24.1 Å². The van der Waals surface area contributed by atoms with Crippen molar-refractivity contribution in [1.29, 1.82) is 0 Å². The lowest BCUT2D eigenvalue weighted by Crippen LogP contribution is -2.58. The maximum atomic E-state index is 12.6. The van der Waals surface area contributed by atoms with Gasteiger partial charge in [-0.2, -0.15) is 0 Å². The Morgan fingerprint density at radius 1 is 1.33 bits per heavy atom. The van der Waals surface area contributed by atoms with Gasteiger partial charge in [0.05, 0.1) is 6.04 Å². The van der Waals surface area contributed by atoms with E-state index >= 15 is 0 Å². The number of carbonyl (C=O) groups is 2. The first-order chi connectivity index (χ1) is 9.79. The monoisotopic (exact) mass is 292 g/mol. The summed E-state index contributed by atoms with van der Waals surface area (Å²) >= 11 is 0. The Morgan fingerprint density at radius 2 is 2.00 bits per heavy atom. The molecule has 0 spiro atoms. The number of piperazine rings is 1. The van der Waals surface area contributed by atoms with Crippen molar-refractivity contribution >= 4 is 11.8 Å². The zero-order valence-corrected chi connectivity index (χ0v) is 13.4. The Balaban J connectivity index is 2.22. The summed E-state index contributed by atoms with van der Waals surface area (Å²) in [4.78, 5) is 26.2. The molecule has 116 valence electrons. The number of aryl methyl sites for hydroxylation is 2. The van der Waals surface area contributed by atoms with Crippen LogP contribution in [0.25, 0.3) is 0 Å². The molecule has 0 bridgehead atoms. The van der Waals surface area contributed by atoms with E-state index in [-0.39, 0.29) is 24.4 Å². The van der Waals surface area contributed by atoms with E-state index in [0.717, 1.165) is 17.1 Å². The Morgan fingerprint density at radius 3 is 2.52 bits per heavy atom. The van der Waals surface area contributed by atoms with Crippen LogP contribution in [0, 0.1) is 19.8 Å². The van der Waals surface area contributed by atoms with Gasteiger partial charge in [0.2, 0.25) is 11.8 Å². The van der Waals surface area contributed by atoms with E-state index in [1.54, 1.807) is 4.90 Å². The van der Waals surface area contributed by atoms with Crippen molar-refractivity contribution in [2.45, 2.75) is 53.1 Å². The van der Waals surface area contributed by atoms with E-state index in [0.29, 0.717) is 12.3 Å². The number of furan rings is 1. The molecule has 1 N–H and O–H groups in total. The molecule has 1 aliphatic rings. The minimum Gasteiger partial charge on any atom is -0.466 e. The number of amides is 2. The molecule has 1 fully saturated rings. The molecule has 2 unspecified atom stereocenters. The average Bonchev–Trinajstić information content (AvgIpc) is 2.71. The van der Waals surface area contributed by atoms with Crippen molar-refractivity contribution in [1.82, 2.24) is 10.2 Å². The maximum absolute atomic E-state index is 12.6. The Labute approximate surface area is 125 Å². The average molecular weight is 292 g/mol. The predicted octanol–water partition coefficient (Wildman–Crippen LogP) is 2.33. The van der Waals surface area contributed by atoms with Crippen LogP contribution in [0.3, 0.4) is 0 Å². The van der Waals surface area contributed by atoms with Gasteiger partial charge in [-0.3, -0.25) is 9.59 Å². The fourth-order valence-corrected chi connectivity index (χ4v) is 2.93. The van der Waals surface area contributed by atoms with Gasteiger partial charge >= 0.3 is 0 Å². The molecule has 2 amide bonds. The second-order valence-corrected chi connectivity index (χ2v) is 6.26. The molecule has 0 radical (unpaired) electrons. The van der Waals surface area contributed by atoms with Gasteiger partial charge < -0.3 is 14.6 Å². The van der Waals surface area contributed by atoms with Crippen molar-refractivity contribution in [3.8, 4) is 0 Å². The maximum Gasteiger partial charge on any atom is 0.246 e. The quantitative estimate of drug-likeness (QED) is 0.926. The molecule has 1 aromatic heterocycles. The number of nitrogens with zero attached hydrogens (tertiary/aromatic N) is 1. The highest BCUT2D eigenvalue weighted by atomic mass is 16.3. The normalized spacial score (nSPS) is 20.9. The van der Waals surface area contributed by atoms with Gasteiger partial charge in [0.25, 0.3) is 0 Å². The molecule has 5 nitrogen and oxygen atoms in total. The summed E-state index contributed by atoms with van der Waals surface area (Å²) in [5, 5.41) is 2.80. The highest BCUT2D eigenvalue weighted by Crippen LogP contribution is 2.28. The van der Waals surface area contributed by atoms with Crippen LogP contribution in [0.2, 0.25) is 0 Å². The molecule has 0 aliphatic carbocycles. The minimum absolute atomic E-state index is 0.00551. The van der Waals surface area contributed by atoms with Crippen LogP contribution in [-0.2, 0) is 9.59 Å². The van der Waals surface area contributed by atoms with Gasteiger partial charge in [0, 0.05) is 5.56 Å². The van der Waals surface area contributed by atoms with Gasteiger partial charge in [-0.05, 0) is 39.2 Å². The summed E-state index contributed by atoms with van der Waals surface area (Å²) < 4.78 is 5.54. The van der Waals surface area contributed by atoms with Crippen molar-refractivity contribution in [2.24, 2.45) is 5.92 Å². The van der Waals surface area contributed by atoms with Crippen LogP contribution >= 0.6 is 0 Å². The molecule has 1 saturated heterocycles. The molecule has 2 heterocycles. The highest BCUT2D eigenvalue weighted by Gasteiger charge is 2.36. The molecule has 2 rings (SSSR count). The van der Waals surface area contributed by atoms with Crippen molar-refractivity contribution in [3.63, 3.8) is 0 Å². The first kappa shape index (κ1) is 15.6. The fraction of sp³-hybridized carbons (Fsp3) is 0.625. The molecule has 1 aromatic rings. The van der Waals surface area contributed by atoms with Crippen molar-refractivity contribution in [2.75, 3.05) is 6.54 Å². The molecular weight excluding hydrogens is 268 g/mol. The lowest BCUT2D eigenvalue weighted by Gasteiger charge is -2.37. The molecule has 5 heteroatoms. The van der Waals surface area contributed by atoms with Crippen molar-refractivity contribution < 1.29 is 14.0 Å². The molecule has 0 aromatic carbocycles. The van der Waals surface area contributed by atoms with Gasteiger partial charge in [-0.25, -0.2) is 0 Å². The third kappa shape index (κ3) is 3.28. The van der Waals surface area contributed by atoms with Crippen LogP contribution in [-0.4, -0.2) is 29.3 Å². The van der Waals surface area contributed by atoms with E-state index < -0.39 is 6.04 Å². The summed E-state index contributed by atoms with van der Waals surface area (Å²) in [6.07, 6.45) is 0.664. The van der Waals surface area contributed by atoms with E-state index in [1.807, 2.05) is 40.7 Å². The lowest BCUT2D eigenvalue weighted by atomic mass is 9.98. The van der Waals surface area contributed by atoms with Crippen LogP contribution < -0.4 is 5.32 Å². The molecule has 1 aliphatic heterocycles. The number of hydrogen-bond acceptors (Lipinski definition) is 3. The second kappa shape index (κ2) is 5.92. The summed E-state index contributed by atoms with van der Waals surface area (Å²) in [5.74, 6) is 1.88. The largest absolute Gasteiger partial charge is 0.466 e. The number of nitrogens with one attached hydrogen (secondary N) is 1. The van der Waals surface area contributed by atoms with E-state index in [9.17, 15) is 9.59 Å². The molecule has 21 heavy (non-hydrogen) atoms. The van der Waals surface area contributed by atoms with E-state index in [1.165, 1.54) is 0 Å². The predicted molar refractivity (Wildman–Crippen MR) is 79.7 cm³/mol. The first-order valence-corrected chi connectivity index (χ1v) is 7.46. The van der Waals surface area contributed by atoms with E-state index in [4.69, 9.17) is 4.42 Å². The zero-order valence-electron chi connectivity index (χ0n) is 13.4. The Hall–Kier alpha value is -1.78. The van der Waals surface area contributed by atoms with Gasteiger partial charge in [-0.15, -0.1) is 0 Å². The summed E-state index contributed by atoms with van der Waals surface area (Å²) in [5.41, 5.74) is 0.971. The van der Waals surface area contributed by atoms with Crippen LogP contribution in [0.15, 0.2) is 10.5 Å². The summed E-state index contributed by atoms with van der Waals surface area (Å²) in [6, 6.07) is 1.37. The smallest absolute Gasteiger partial charge is 0.246 e. The molecule has 2 atom stereocenters. The molecule has 0 saturated carbocycles. The highest BCUT2D eigenvalue weighted by molar-refractivity contribution is 5.95. The number of rotatable bonds is 4. The second-order valence-electron chi connectivity index (χ2n) is 6.26. The Bertz CT molecular complexity index is 548. The molecular formula is C16H24N2O3. The first-order valence-electron chi connectivity index (χ1n) is 7.46. The van der Waals surface area contributed by atoms with Crippen LogP contribution in [0.5, 0.6) is 0 Å². The Kier molecular flexibility index (Phi) is 4.40. The minimum atomic E-state index is -0.415. The lowest BCUT2D eigenvalue weighted by molar-refractivity contribution is -0.147. The van der Waals surface area contributed by atoms with Crippen molar-refractivity contribution in [3.05, 3.63) is 23.2 Å². The number of hydrogen-bond donors (Lipinski definition) is 1. The van der Waals surface area contributed by atoms with E-state index in [2.05, 4.69) is 5.32 Å². The summed E-state index contributed by atoms with van der Waals surface area (Å²) in [7, 11) is 0. The van der Waals surface area contributed by atoms with Gasteiger partial charge in [-0.1, -0.05) is 13.8 Å². The fourth-order valence-electron chi connectivity index (χ4n) is 2.93. The van der Waals surface area contributed by atoms with Crippen LogP contribution in [0.1, 0.15) is 50.3 Å². The zero-order chi connectivity index (χ0) is 15.7. The third-order valence-electron chi connectivity index (χ3n) is 3.93. The summed E-state index contributed by atoms with van der Waals surface area (Å²) in [6.45, 7) is 9.92. The van der Waals surface area contributed by atoms with Crippen LogP contribution in [0.4, 0.5) is 0 Å². The standard InChI is InChI=1S/C16H24N2O3/c1-9(2)6-14-16(20)18(8-15(19)17-14)11(4)13-7-10(3)21-12(13)5/h7,9,11,14H,6,8H2,1-5H3,(H,17,19). The number of carbonyl (C=O) groups excluding carboxylic acids is 2. The SMILES string of the molecule is Cc1cc(C(C)N2CC(=O)NC(CC(C)C)C2=O)c(C)o1.